The van der Waals surface area contributed by atoms with Gasteiger partial charge in [0.1, 0.15) is 11.9 Å². The molecule has 0 aliphatic rings. The molecule has 0 radical (unpaired) electrons. The van der Waals surface area contributed by atoms with Crippen molar-refractivity contribution in [1.29, 1.82) is 0 Å². The zero-order valence-electron chi connectivity index (χ0n) is 7.29. The van der Waals surface area contributed by atoms with Crippen LogP contribution in [0.3, 0.4) is 0 Å². The molecule has 0 saturated heterocycles. The quantitative estimate of drug-likeness (QED) is 0.653. The van der Waals surface area contributed by atoms with E-state index in [1.54, 1.807) is 18.4 Å². The number of rotatable bonds is 5. The topological polar surface area (TPSA) is 45.4 Å². The van der Waals surface area contributed by atoms with Crippen molar-refractivity contribution in [2.75, 3.05) is 13.1 Å². The van der Waals surface area contributed by atoms with Gasteiger partial charge in [0.25, 0.3) is 0 Å². The van der Waals surface area contributed by atoms with Crippen LogP contribution in [0.25, 0.3) is 0 Å². The molecule has 0 spiro atoms. The van der Waals surface area contributed by atoms with Crippen LogP contribution in [0.2, 0.25) is 0 Å². The van der Waals surface area contributed by atoms with Crippen LogP contribution in [0, 0.1) is 0 Å². The van der Waals surface area contributed by atoms with Crippen molar-refractivity contribution in [3.8, 4) is 0 Å². The van der Waals surface area contributed by atoms with Crippen LogP contribution in [0.4, 0.5) is 0 Å². The van der Waals surface area contributed by atoms with Gasteiger partial charge in [-0.3, -0.25) is 0 Å². The Labute approximate surface area is 72.4 Å². The lowest BCUT2D eigenvalue weighted by molar-refractivity contribution is 0.147. The monoisotopic (exact) mass is 169 g/mol. The van der Waals surface area contributed by atoms with Gasteiger partial charge in [-0.1, -0.05) is 6.92 Å². The molecule has 0 amide bonds. The number of aliphatic hydroxyl groups is 1. The summed E-state index contributed by atoms with van der Waals surface area (Å²) in [6.07, 6.45) is 2.12. The van der Waals surface area contributed by atoms with Crippen molar-refractivity contribution < 1.29 is 9.52 Å². The van der Waals surface area contributed by atoms with Crippen LogP contribution in [0.15, 0.2) is 22.8 Å². The fraction of sp³-hybridized carbons (Fsp3) is 0.556. The normalized spacial score (nSPS) is 13.2. The Morgan fingerprint density at radius 1 is 1.67 bits per heavy atom. The van der Waals surface area contributed by atoms with Crippen molar-refractivity contribution in [3.63, 3.8) is 0 Å². The van der Waals surface area contributed by atoms with Crippen LogP contribution >= 0.6 is 0 Å². The standard InChI is InChI=1S/C9H15NO2/c1-2-5-10-7-8(11)9-4-3-6-12-9/h3-4,6,8,10-11H,2,5,7H2,1H3. The average Bonchev–Trinajstić information content (AvgIpc) is 2.56. The summed E-state index contributed by atoms with van der Waals surface area (Å²) in [6, 6.07) is 3.55. The molecule has 2 N–H and O–H groups in total. The van der Waals surface area contributed by atoms with E-state index in [4.69, 9.17) is 4.42 Å². The molecule has 3 heteroatoms. The summed E-state index contributed by atoms with van der Waals surface area (Å²) in [7, 11) is 0. The highest BCUT2D eigenvalue weighted by Gasteiger charge is 2.08. The van der Waals surface area contributed by atoms with E-state index in [9.17, 15) is 5.11 Å². The Morgan fingerprint density at radius 3 is 3.08 bits per heavy atom. The molecule has 68 valence electrons. The smallest absolute Gasteiger partial charge is 0.133 e. The lowest BCUT2D eigenvalue weighted by Crippen LogP contribution is -2.21. The van der Waals surface area contributed by atoms with Gasteiger partial charge >= 0.3 is 0 Å². The predicted molar refractivity (Wildman–Crippen MR) is 46.8 cm³/mol. The van der Waals surface area contributed by atoms with E-state index in [0.29, 0.717) is 12.3 Å². The molecule has 0 saturated carbocycles. The summed E-state index contributed by atoms with van der Waals surface area (Å²) in [5.41, 5.74) is 0. The van der Waals surface area contributed by atoms with E-state index in [1.165, 1.54) is 0 Å². The van der Waals surface area contributed by atoms with Crippen LogP contribution in [0.5, 0.6) is 0 Å². The molecule has 1 atom stereocenters. The largest absolute Gasteiger partial charge is 0.467 e. The van der Waals surface area contributed by atoms with E-state index in [1.807, 2.05) is 0 Å². The lowest BCUT2D eigenvalue weighted by atomic mass is 10.3. The highest BCUT2D eigenvalue weighted by atomic mass is 16.4. The van der Waals surface area contributed by atoms with Gasteiger partial charge in [-0.25, -0.2) is 0 Å². The third-order valence-corrected chi connectivity index (χ3v) is 1.64. The van der Waals surface area contributed by atoms with Gasteiger partial charge in [-0.05, 0) is 25.1 Å². The molecular formula is C9H15NO2. The highest BCUT2D eigenvalue weighted by molar-refractivity contribution is 5.01. The van der Waals surface area contributed by atoms with Gasteiger partial charge in [-0.15, -0.1) is 0 Å². The number of aliphatic hydroxyl groups excluding tert-OH is 1. The van der Waals surface area contributed by atoms with Crippen molar-refractivity contribution in [2.24, 2.45) is 0 Å². The predicted octanol–water partition coefficient (Wildman–Crippen LogP) is 1.31. The highest BCUT2D eigenvalue weighted by Crippen LogP contribution is 2.11. The first-order chi connectivity index (χ1) is 5.84. The van der Waals surface area contributed by atoms with Crippen molar-refractivity contribution in [2.45, 2.75) is 19.4 Å². The summed E-state index contributed by atoms with van der Waals surface area (Å²) in [6.45, 7) is 3.57. The molecule has 0 aliphatic carbocycles. The molecule has 0 aliphatic heterocycles. The number of hydrogen-bond acceptors (Lipinski definition) is 3. The molecular weight excluding hydrogens is 154 g/mol. The second-order valence-electron chi connectivity index (χ2n) is 2.74. The van der Waals surface area contributed by atoms with Gasteiger partial charge < -0.3 is 14.8 Å². The maximum absolute atomic E-state index is 9.48. The average molecular weight is 169 g/mol. The van der Waals surface area contributed by atoms with E-state index in [-0.39, 0.29) is 0 Å². The van der Waals surface area contributed by atoms with E-state index in [0.717, 1.165) is 13.0 Å². The molecule has 1 rings (SSSR count). The van der Waals surface area contributed by atoms with E-state index >= 15 is 0 Å². The second-order valence-corrected chi connectivity index (χ2v) is 2.74. The maximum Gasteiger partial charge on any atom is 0.133 e. The molecule has 1 unspecified atom stereocenters. The minimum absolute atomic E-state index is 0.522. The molecule has 3 nitrogen and oxygen atoms in total. The first-order valence-electron chi connectivity index (χ1n) is 4.26. The van der Waals surface area contributed by atoms with Gasteiger partial charge in [-0.2, -0.15) is 0 Å². The van der Waals surface area contributed by atoms with Crippen molar-refractivity contribution in [1.82, 2.24) is 5.32 Å². The summed E-state index contributed by atoms with van der Waals surface area (Å²) in [5, 5.41) is 12.6. The molecule has 1 heterocycles. The zero-order chi connectivity index (χ0) is 8.81. The van der Waals surface area contributed by atoms with Crippen LogP contribution in [-0.2, 0) is 0 Å². The summed E-state index contributed by atoms with van der Waals surface area (Å²) >= 11 is 0. The van der Waals surface area contributed by atoms with Crippen LogP contribution < -0.4 is 5.32 Å². The second kappa shape index (κ2) is 4.95. The fourth-order valence-electron chi connectivity index (χ4n) is 0.997. The Kier molecular flexibility index (Phi) is 3.84. The Hall–Kier alpha value is -0.800. The SMILES string of the molecule is CCCNCC(O)c1ccco1. The number of furan rings is 1. The lowest BCUT2D eigenvalue weighted by Gasteiger charge is -2.07. The summed E-state index contributed by atoms with van der Waals surface area (Å²) in [4.78, 5) is 0. The summed E-state index contributed by atoms with van der Waals surface area (Å²) in [5.74, 6) is 0.624. The minimum atomic E-state index is -0.522. The molecule has 0 fully saturated rings. The van der Waals surface area contributed by atoms with E-state index in [2.05, 4.69) is 12.2 Å². The first kappa shape index (κ1) is 9.29. The zero-order valence-corrected chi connectivity index (χ0v) is 7.29. The van der Waals surface area contributed by atoms with Crippen LogP contribution in [0.1, 0.15) is 25.2 Å². The van der Waals surface area contributed by atoms with E-state index < -0.39 is 6.10 Å². The van der Waals surface area contributed by atoms with Crippen molar-refractivity contribution in [3.05, 3.63) is 24.2 Å². The summed E-state index contributed by atoms with van der Waals surface area (Å²) < 4.78 is 5.04. The number of hydrogen-bond donors (Lipinski definition) is 2. The van der Waals surface area contributed by atoms with Crippen molar-refractivity contribution >= 4 is 0 Å². The molecule has 1 aromatic heterocycles. The fourth-order valence-corrected chi connectivity index (χ4v) is 0.997. The molecule has 12 heavy (non-hydrogen) atoms. The molecule has 0 aromatic carbocycles. The maximum atomic E-state index is 9.48. The minimum Gasteiger partial charge on any atom is -0.467 e. The Bertz CT molecular complexity index is 196. The third-order valence-electron chi connectivity index (χ3n) is 1.64. The van der Waals surface area contributed by atoms with Gasteiger partial charge in [0.2, 0.25) is 0 Å². The number of nitrogens with one attached hydrogen (secondary N) is 1. The van der Waals surface area contributed by atoms with Crippen LogP contribution in [-0.4, -0.2) is 18.2 Å². The Morgan fingerprint density at radius 2 is 2.50 bits per heavy atom. The third kappa shape index (κ3) is 2.68. The molecule has 0 bridgehead atoms. The van der Waals surface area contributed by atoms with Gasteiger partial charge in [0.15, 0.2) is 0 Å². The Balaban J connectivity index is 2.25. The molecule has 1 aromatic rings. The van der Waals surface area contributed by atoms with Gasteiger partial charge in [0.05, 0.1) is 6.26 Å². The first-order valence-corrected chi connectivity index (χ1v) is 4.26. The van der Waals surface area contributed by atoms with Gasteiger partial charge in [0, 0.05) is 6.54 Å².